The molecule has 3 N–H and O–H groups in total. The van der Waals surface area contributed by atoms with Gasteiger partial charge in [0.25, 0.3) is 0 Å². The lowest BCUT2D eigenvalue weighted by Crippen LogP contribution is -2.44. The van der Waals surface area contributed by atoms with E-state index in [1.807, 2.05) is 24.8 Å². The van der Waals surface area contributed by atoms with Gasteiger partial charge in [0.2, 0.25) is 5.91 Å². The summed E-state index contributed by atoms with van der Waals surface area (Å²) in [4.78, 5) is 20.3. The molecule has 0 aromatic carbocycles. The summed E-state index contributed by atoms with van der Waals surface area (Å²) >= 11 is 2.01. The zero-order valence-corrected chi connectivity index (χ0v) is 18.2. The first-order valence-corrected chi connectivity index (χ1v) is 9.30. The number of carbonyl (C=O) groups excluding carboxylic acids is 1. The number of carbonyl (C=O) groups is 1. The second kappa shape index (κ2) is 10.8. The number of amides is 1. The number of hydrogen-bond acceptors (Lipinski definition) is 4. The van der Waals surface area contributed by atoms with Crippen LogP contribution in [0.3, 0.4) is 0 Å². The molecule has 0 spiro atoms. The van der Waals surface area contributed by atoms with Crippen LogP contribution in [0.25, 0.3) is 0 Å². The van der Waals surface area contributed by atoms with Gasteiger partial charge in [0.05, 0.1) is 0 Å². The van der Waals surface area contributed by atoms with Crippen molar-refractivity contribution >= 4 is 53.4 Å². The van der Waals surface area contributed by atoms with Crippen LogP contribution in [-0.2, 0) is 4.79 Å². The molecule has 1 fully saturated rings. The third-order valence-electron chi connectivity index (χ3n) is 3.98. The summed E-state index contributed by atoms with van der Waals surface area (Å²) in [6.45, 7) is 5.66. The Kier molecular flexibility index (Phi) is 9.55. The van der Waals surface area contributed by atoms with Crippen molar-refractivity contribution in [3.8, 4) is 0 Å². The lowest BCUT2D eigenvalue weighted by atomic mass is 10.1. The molecule has 1 aliphatic heterocycles. The maximum atomic E-state index is 11.9. The van der Waals surface area contributed by atoms with Gasteiger partial charge in [-0.25, -0.2) is 4.98 Å². The van der Waals surface area contributed by atoms with Crippen LogP contribution in [0.2, 0.25) is 0 Å². The summed E-state index contributed by atoms with van der Waals surface area (Å²) in [6.07, 6.45) is 4.61. The molecule has 1 amide bonds. The van der Waals surface area contributed by atoms with Gasteiger partial charge in [0.1, 0.15) is 5.82 Å². The minimum Gasteiger partial charge on any atom is -0.356 e. The average molecular weight is 477 g/mol. The first-order valence-electron chi connectivity index (χ1n) is 8.32. The fourth-order valence-electron chi connectivity index (χ4n) is 2.51. The highest BCUT2D eigenvalue weighted by molar-refractivity contribution is 14.0. The Morgan fingerprint density at radius 1 is 1.40 bits per heavy atom. The largest absolute Gasteiger partial charge is 0.356 e. The van der Waals surface area contributed by atoms with Gasteiger partial charge in [-0.3, -0.25) is 9.79 Å². The topological polar surface area (TPSA) is 78.4 Å². The van der Waals surface area contributed by atoms with E-state index in [2.05, 4.69) is 32.9 Å². The SMILES string of the molecule is CN=C(NCCC(=O)Nc1ccc(C)cn1)NCC1(C)CCCS1.I. The number of aryl methyl sites for hydroxylation is 1. The van der Waals surface area contributed by atoms with E-state index in [-0.39, 0.29) is 34.6 Å². The molecule has 8 heteroatoms. The van der Waals surface area contributed by atoms with E-state index in [9.17, 15) is 4.79 Å². The van der Waals surface area contributed by atoms with Crippen molar-refractivity contribution in [1.82, 2.24) is 15.6 Å². The summed E-state index contributed by atoms with van der Waals surface area (Å²) in [5.41, 5.74) is 1.07. The summed E-state index contributed by atoms with van der Waals surface area (Å²) in [7, 11) is 1.75. The van der Waals surface area contributed by atoms with Crippen molar-refractivity contribution in [2.75, 3.05) is 31.2 Å². The predicted octanol–water partition coefficient (Wildman–Crippen LogP) is 2.79. The van der Waals surface area contributed by atoms with E-state index < -0.39 is 0 Å². The predicted molar refractivity (Wildman–Crippen MR) is 117 cm³/mol. The number of hydrogen-bond donors (Lipinski definition) is 3. The number of aliphatic imine (C=N–C) groups is 1. The number of halogens is 1. The molecule has 6 nitrogen and oxygen atoms in total. The second-order valence-corrected chi connectivity index (χ2v) is 7.96. The molecule has 0 bridgehead atoms. The third kappa shape index (κ3) is 7.81. The fraction of sp³-hybridized carbons (Fsp3) is 0.588. The van der Waals surface area contributed by atoms with Crippen molar-refractivity contribution in [2.45, 2.75) is 37.9 Å². The summed E-state index contributed by atoms with van der Waals surface area (Å²) in [5.74, 6) is 2.49. The van der Waals surface area contributed by atoms with Gasteiger partial charge in [-0.2, -0.15) is 11.8 Å². The Labute approximate surface area is 171 Å². The Morgan fingerprint density at radius 2 is 2.20 bits per heavy atom. The number of thioether (sulfide) groups is 1. The summed E-state index contributed by atoms with van der Waals surface area (Å²) < 4.78 is 0.284. The van der Waals surface area contributed by atoms with Crippen LogP contribution in [0.1, 0.15) is 31.7 Å². The number of aromatic nitrogens is 1. The lowest BCUT2D eigenvalue weighted by molar-refractivity contribution is -0.116. The maximum Gasteiger partial charge on any atom is 0.227 e. The van der Waals surface area contributed by atoms with Crippen LogP contribution in [0.5, 0.6) is 0 Å². The average Bonchev–Trinajstić information content (AvgIpc) is 3.00. The van der Waals surface area contributed by atoms with Crippen LogP contribution >= 0.6 is 35.7 Å². The Balaban J connectivity index is 0.00000312. The second-order valence-electron chi connectivity index (χ2n) is 6.27. The molecule has 140 valence electrons. The highest BCUT2D eigenvalue weighted by Crippen LogP contribution is 2.36. The molecule has 2 rings (SSSR count). The monoisotopic (exact) mass is 477 g/mol. The number of rotatable bonds is 6. The molecular formula is C17H28IN5OS. The van der Waals surface area contributed by atoms with E-state index >= 15 is 0 Å². The van der Waals surface area contributed by atoms with E-state index in [4.69, 9.17) is 0 Å². The zero-order valence-electron chi connectivity index (χ0n) is 15.1. The van der Waals surface area contributed by atoms with E-state index in [1.54, 1.807) is 19.3 Å². The third-order valence-corrected chi connectivity index (χ3v) is 5.52. The minimum atomic E-state index is -0.0624. The molecule has 2 heterocycles. The van der Waals surface area contributed by atoms with Crippen LogP contribution in [0.15, 0.2) is 23.3 Å². The van der Waals surface area contributed by atoms with Gasteiger partial charge in [0, 0.05) is 37.5 Å². The van der Waals surface area contributed by atoms with Crippen LogP contribution in [-0.4, -0.2) is 47.5 Å². The van der Waals surface area contributed by atoms with Gasteiger partial charge in [-0.05, 0) is 44.1 Å². The molecule has 1 aromatic rings. The highest BCUT2D eigenvalue weighted by atomic mass is 127. The van der Waals surface area contributed by atoms with Gasteiger partial charge in [-0.1, -0.05) is 6.07 Å². The molecular weight excluding hydrogens is 449 g/mol. The first-order chi connectivity index (χ1) is 11.5. The molecule has 0 aliphatic carbocycles. The number of guanidine groups is 1. The summed E-state index contributed by atoms with van der Waals surface area (Å²) in [6, 6.07) is 3.73. The molecule has 1 saturated heterocycles. The zero-order chi connectivity index (χ0) is 17.4. The van der Waals surface area contributed by atoms with E-state index in [0.29, 0.717) is 18.8 Å². The van der Waals surface area contributed by atoms with Crippen molar-refractivity contribution in [2.24, 2.45) is 4.99 Å². The van der Waals surface area contributed by atoms with Crippen LogP contribution in [0.4, 0.5) is 5.82 Å². The van der Waals surface area contributed by atoms with Gasteiger partial charge in [0.15, 0.2) is 5.96 Å². The van der Waals surface area contributed by atoms with Gasteiger partial charge < -0.3 is 16.0 Å². The fourth-order valence-corrected chi connectivity index (χ4v) is 3.75. The number of anilines is 1. The Morgan fingerprint density at radius 3 is 2.80 bits per heavy atom. The van der Waals surface area contributed by atoms with Crippen molar-refractivity contribution in [3.05, 3.63) is 23.9 Å². The molecule has 1 aliphatic rings. The minimum absolute atomic E-state index is 0. The van der Waals surface area contributed by atoms with E-state index in [1.165, 1.54) is 18.6 Å². The van der Waals surface area contributed by atoms with E-state index in [0.717, 1.165) is 18.1 Å². The molecule has 0 saturated carbocycles. The molecule has 1 atom stereocenters. The van der Waals surface area contributed by atoms with Gasteiger partial charge >= 0.3 is 0 Å². The molecule has 25 heavy (non-hydrogen) atoms. The normalized spacial score (nSPS) is 19.9. The Hall–Kier alpha value is -1.03. The van der Waals surface area contributed by atoms with Crippen LogP contribution < -0.4 is 16.0 Å². The smallest absolute Gasteiger partial charge is 0.227 e. The molecule has 0 radical (unpaired) electrons. The number of nitrogens with one attached hydrogen (secondary N) is 3. The maximum absolute atomic E-state index is 11.9. The number of pyridine rings is 1. The van der Waals surface area contributed by atoms with Crippen molar-refractivity contribution < 1.29 is 4.79 Å². The first kappa shape index (κ1) is 22.0. The molecule has 1 unspecified atom stereocenters. The molecule has 1 aromatic heterocycles. The van der Waals surface area contributed by atoms with Crippen LogP contribution in [0, 0.1) is 6.92 Å². The summed E-state index contributed by atoms with van der Waals surface area (Å²) in [5, 5.41) is 9.33. The Bertz CT molecular complexity index is 573. The highest BCUT2D eigenvalue weighted by Gasteiger charge is 2.29. The van der Waals surface area contributed by atoms with Crippen molar-refractivity contribution in [1.29, 1.82) is 0 Å². The standard InChI is InChI=1S/C17H27N5OS.HI/c1-13-5-6-14(20-11-13)22-15(23)7-9-19-16(18-3)21-12-17(2)8-4-10-24-17;/h5-6,11H,4,7-10,12H2,1-3H3,(H2,18,19,21)(H,20,22,23);1H. The lowest BCUT2D eigenvalue weighted by Gasteiger charge is -2.24. The van der Waals surface area contributed by atoms with Gasteiger partial charge in [-0.15, -0.1) is 24.0 Å². The number of nitrogens with zero attached hydrogens (tertiary/aromatic N) is 2. The van der Waals surface area contributed by atoms with Crippen molar-refractivity contribution in [3.63, 3.8) is 0 Å². The quantitative estimate of drug-likeness (QED) is 0.334.